The Hall–Kier alpha value is -2.24. The fourth-order valence-corrected chi connectivity index (χ4v) is 3.62. The zero-order valence-corrected chi connectivity index (χ0v) is 14.8. The van der Waals surface area contributed by atoms with E-state index in [4.69, 9.17) is 4.98 Å². The number of aryl methyl sites for hydroxylation is 1. The van der Waals surface area contributed by atoms with Crippen molar-refractivity contribution in [2.45, 2.75) is 19.5 Å². The van der Waals surface area contributed by atoms with Gasteiger partial charge in [0, 0.05) is 39.1 Å². The normalized spacial score (nSPS) is 17.0. The van der Waals surface area contributed by atoms with Gasteiger partial charge in [-0.3, -0.25) is 14.8 Å². The topological polar surface area (TPSA) is 37.2 Å². The van der Waals surface area contributed by atoms with E-state index in [1.54, 1.807) is 0 Å². The van der Waals surface area contributed by atoms with E-state index in [1.165, 1.54) is 17.5 Å². The number of nitrogens with zero attached hydrogens (tertiary/aromatic N) is 5. The largest absolute Gasteiger partial charge is 0.330 e. The lowest BCUT2D eigenvalue weighted by atomic mass is 10.2. The van der Waals surface area contributed by atoms with Crippen LogP contribution in [0.4, 0.5) is 0 Å². The number of para-hydroxylation sites is 2. The molecule has 0 amide bonds. The molecule has 130 valence electrons. The van der Waals surface area contributed by atoms with Crippen LogP contribution >= 0.6 is 0 Å². The predicted molar refractivity (Wildman–Crippen MR) is 100 cm³/mol. The van der Waals surface area contributed by atoms with Crippen molar-refractivity contribution in [1.29, 1.82) is 0 Å². The van der Waals surface area contributed by atoms with Gasteiger partial charge in [-0.1, -0.05) is 12.1 Å². The second-order valence-electron chi connectivity index (χ2n) is 6.84. The molecular formula is C20H25N5. The number of benzene rings is 1. The molecule has 0 atom stereocenters. The van der Waals surface area contributed by atoms with Crippen LogP contribution in [0.3, 0.4) is 0 Å². The standard InChI is InChI=1S/C20H25N5/c1-23-19-6-3-2-5-18(19)22-20(23)16-25-12-4-11-24(13-14-25)15-17-7-9-21-10-8-17/h2-3,5-10H,4,11-16H2,1H3. The summed E-state index contributed by atoms with van der Waals surface area (Å²) in [6.45, 7) is 6.43. The second kappa shape index (κ2) is 7.33. The summed E-state index contributed by atoms with van der Waals surface area (Å²) in [5.74, 6) is 1.16. The van der Waals surface area contributed by atoms with Crippen LogP contribution in [-0.2, 0) is 20.1 Å². The van der Waals surface area contributed by atoms with E-state index in [0.717, 1.165) is 50.6 Å². The van der Waals surface area contributed by atoms with Crippen molar-refractivity contribution in [2.75, 3.05) is 26.2 Å². The van der Waals surface area contributed by atoms with E-state index >= 15 is 0 Å². The van der Waals surface area contributed by atoms with Crippen LogP contribution in [0, 0.1) is 0 Å². The molecule has 1 saturated heterocycles. The van der Waals surface area contributed by atoms with Crippen molar-refractivity contribution in [3.05, 3.63) is 60.2 Å². The van der Waals surface area contributed by atoms with E-state index in [0.29, 0.717) is 0 Å². The lowest BCUT2D eigenvalue weighted by molar-refractivity contribution is 0.242. The Kier molecular flexibility index (Phi) is 4.76. The number of aromatic nitrogens is 3. The monoisotopic (exact) mass is 335 g/mol. The van der Waals surface area contributed by atoms with Crippen LogP contribution in [0.1, 0.15) is 17.8 Å². The average molecular weight is 335 g/mol. The molecule has 0 N–H and O–H groups in total. The van der Waals surface area contributed by atoms with Crippen LogP contribution in [-0.4, -0.2) is 50.5 Å². The summed E-state index contributed by atoms with van der Waals surface area (Å²) >= 11 is 0. The zero-order chi connectivity index (χ0) is 17.1. The van der Waals surface area contributed by atoms with Crippen molar-refractivity contribution < 1.29 is 0 Å². The molecule has 0 spiro atoms. The SMILES string of the molecule is Cn1c(CN2CCCN(Cc3ccncc3)CC2)nc2ccccc21. The van der Waals surface area contributed by atoms with Crippen LogP contribution in [0.2, 0.25) is 0 Å². The maximum Gasteiger partial charge on any atom is 0.123 e. The summed E-state index contributed by atoms with van der Waals surface area (Å²) in [6.07, 6.45) is 4.96. The number of pyridine rings is 1. The van der Waals surface area contributed by atoms with Crippen LogP contribution in [0.15, 0.2) is 48.8 Å². The predicted octanol–water partition coefficient (Wildman–Crippen LogP) is 2.68. The van der Waals surface area contributed by atoms with Gasteiger partial charge in [-0.2, -0.15) is 0 Å². The van der Waals surface area contributed by atoms with Crippen LogP contribution in [0.25, 0.3) is 11.0 Å². The molecule has 25 heavy (non-hydrogen) atoms. The molecule has 0 radical (unpaired) electrons. The minimum atomic E-state index is 0.925. The lowest BCUT2D eigenvalue weighted by Gasteiger charge is -2.21. The Balaban J connectivity index is 1.40. The van der Waals surface area contributed by atoms with Gasteiger partial charge in [0.1, 0.15) is 5.82 Å². The molecule has 0 aliphatic carbocycles. The highest BCUT2D eigenvalue weighted by atomic mass is 15.2. The first-order valence-electron chi connectivity index (χ1n) is 9.03. The van der Waals surface area contributed by atoms with Crippen molar-refractivity contribution in [3.8, 4) is 0 Å². The quantitative estimate of drug-likeness (QED) is 0.735. The second-order valence-corrected chi connectivity index (χ2v) is 6.84. The molecule has 5 heteroatoms. The van der Waals surface area contributed by atoms with Crippen molar-refractivity contribution in [1.82, 2.24) is 24.3 Å². The number of rotatable bonds is 4. The number of hydrogen-bond acceptors (Lipinski definition) is 4. The van der Waals surface area contributed by atoms with Gasteiger partial charge in [0.15, 0.2) is 0 Å². The fourth-order valence-electron chi connectivity index (χ4n) is 3.62. The Morgan fingerprint density at radius 2 is 1.60 bits per heavy atom. The first-order valence-corrected chi connectivity index (χ1v) is 9.03. The first-order chi connectivity index (χ1) is 12.3. The Bertz CT molecular complexity index is 826. The summed E-state index contributed by atoms with van der Waals surface area (Å²) in [4.78, 5) is 14.0. The summed E-state index contributed by atoms with van der Waals surface area (Å²) < 4.78 is 2.23. The molecule has 0 saturated carbocycles. The first kappa shape index (κ1) is 16.2. The molecular weight excluding hydrogens is 310 g/mol. The van der Waals surface area contributed by atoms with Gasteiger partial charge < -0.3 is 4.57 Å². The third-order valence-electron chi connectivity index (χ3n) is 5.08. The third-order valence-corrected chi connectivity index (χ3v) is 5.08. The smallest absolute Gasteiger partial charge is 0.123 e. The molecule has 3 aromatic rings. The Labute approximate surface area is 148 Å². The molecule has 5 nitrogen and oxygen atoms in total. The van der Waals surface area contributed by atoms with E-state index in [-0.39, 0.29) is 0 Å². The van der Waals surface area contributed by atoms with Gasteiger partial charge in [-0.15, -0.1) is 0 Å². The van der Waals surface area contributed by atoms with Gasteiger partial charge >= 0.3 is 0 Å². The van der Waals surface area contributed by atoms with Gasteiger partial charge in [-0.25, -0.2) is 4.98 Å². The van der Waals surface area contributed by atoms with Crippen LogP contribution in [0.5, 0.6) is 0 Å². The molecule has 2 aromatic heterocycles. The lowest BCUT2D eigenvalue weighted by Crippen LogP contribution is -2.31. The van der Waals surface area contributed by atoms with Crippen molar-refractivity contribution in [3.63, 3.8) is 0 Å². The average Bonchev–Trinajstić information content (AvgIpc) is 2.80. The highest BCUT2D eigenvalue weighted by Crippen LogP contribution is 2.16. The minimum Gasteiger partial charge on any atom is -0.330 e. The molecule has 1 aliphatic rings. The van der Waals surface area contributed by atoms with Gasteiger partial charge in [-0.05, 0) is 49.3 Å². The fraction of sp³-hybridized carbons (Fsp3) is 0.400. The minimum absolute atomic E-state index is 0.925. The van der Waals surface area contributed by atoms with E-state index < -0.39 is 0 Å². The van der Waals surface area contributed by atoms with Crippen molar-refractivity contribution >= 4 is 11.0 Å². The zero-order valence-electron chi connectivity index (χ0n) is 14.8. The molecule has 0 unspecified atom stereocenters. The molecule has 1 aromatic carbocycles. The Morgan fingerprint density at radius 3 is 2.36 bits per heavy atom. The summed E-state index contributed by atoms with van der Waals surface area (Å²) in [6, 6.07) is 12.6. The molecule has 4 rings (SSSR count). The Morgan fingerprint density at radius 1 is 0.880 bits per heavy atom. The van der Waals surface area contributed by atoms with Gasteiger partial charge in [0.25, 0.3) is 0 Å². The number of fused-ring (bicyclic) bond motifs is 1. The number of imidazole rings is 1. The summed E-state index contributed by atoms with van der Waals surface area (Å²) in [5, 5.41) is 0. The van der Waals surface area contributed by atoms with E-state index in [2.05, 4.69) is 62.8 Å². The highest BCUT2D eigenvalue weighted by molar-refractivity contribution is 5.75. The van der Waals surface area contributed by atoms with Gasteiger partial charge in [0.2, 0.25) is 0 Å². The van der Waals surface area contributed by atoms with E-state index in [9.17, 15) is 0 Å². The molecule has 1 aliphatic heterocycles. The maximum atomic E-state index is 4.82. The van der Waals surface area contributed by atoms with Gasteiger partial charge in [0.05, 0.1) is 17.6 Å². The molecule has 3 heterocycles. The highest BCUT2D eigenvalue weighted by Gasteiger charge is 2.17. The van der Waals surface area contributed by atoms with E-state index in [1.807, 2.05) is 12.4 Å². The van der Waals surface area contributed by atoms with Crippen LogP contribution < -0.4 is 0 Å². The van der Waals surface area contributed by atoms with Crippen molar-refractivity contribution in [2.24, 2.45) is 7.05 Å². The maximum absolute atomic E-state index is 4.82. The number of hydrogen-bond donors (Lipinski definition) is 0. The summed E-state index contributed by atoms with van der Waals surface area (Å²) in [5.41, 5.74) is 3.65. The third kappa shape index (κ3) is 3.72. The summed E-state index contributed by atoms with van der Waals surface area (Å²) in [7, 11) is 2.12. The molecule has 1 fully saturated rings. The molecule has 0 bridgehead atoms.